The maximum Gasteiger partial charge on any atom is 0.193 e. The average molecular weight is 371 g/mol. The number of phenolic OH excluding ortho intramolecular Hbond substituents is 1. The van der Waals surface area contributed by atoms with E-state index >= 15 is 0 Å². The molecule has 1 aromatic carbocycles. The van der Waals surface area contributed by atoms with Crippen molar-refractivity contribution in [1.29, 1.82) is 0 Å². The number of hydrogen-bond donors (Lipinski definition) is 1. The molecule has 0 bridgehead atoms. The van der Waals surface area contributed by atoms with Gasteiger partial charge >= 0.3 is 0 Å². The number of unbranched alkanes of at least 4 members (excludes halogenated alkanes) is 10. The number of aromatic hydroxyl groups is 1. The lowest BCUT2D eigenvalue weighted by Crippen LogP contribution is -2.21. The van der Waals surface area contributed by atoms with Gasteiger partial charge in [0, 0.05) is 16.7 Å². The molecular weight excluding hydrogens is 336 g/mol. The van der Waals surface area contributed by atoms with Crippen LogP contribution in [0.1, 0.15) is 112 Å². The van der Waals surface area contributed by atoms with Gasteiger partial charge in [-0.1, -0.05) is 83.3 Å². The van der Waals surface area contributed by atoms with E-state index < -0.39 is 0 Å². The Morgan fingerprint density at radius 1 is 0.778 bits per heavy atom. The molecule has 0 saturated carbocycles. The Hall–Kier alpha value is -1.90. The summed E-state index contributed by atoms with van der Waals surface area (Å²) in [5.41, 5.74) is 1.65. The third-order valence-electron chi connectivity index (χ3n) is 5.61. The van der Waals surface area contributed by atoms with Gasteiger partial charge in [-0.15, -0.1) is 0 Å². The van der Waals surface area contributed by atoms with E-state index in [-0.39, 0.29) is 22.9 Å². The summed E-state index contributed by atoms with van der Waals surface area (Å²) in [5, 5.41) is 10.0. The molecular formula is C24H34O3. The Morgan fingerprint density at radius 2 is 1.33 bits per heavy atom. The average Bonchev–Trinajstić information content (AvgIpc) is 2.66. The Morgan fingerprint density at radius 3 is 1.93 bits per heavy atom. The summed E-state index contributed by atoms with van der Waals surface area (Å²) in [6, 6.07) is 4.71. The summed E-state index contributed by atoms with van der Waals surface area (Å²) in [6.45, 7) is 3.98. The predicted molar refractivity (Wildman–Crippen MR) is 111 cm³/mol. The van der Waals surface area contributed by atoms with E-state index in [1.807, 2.05) is 0 Å². The van der Waals surface area contributed by atoms with E-state index in [4.69, 9.17) is 0 Å². The molecule has 0 heterocycles. The number of hydrogen-bond acceptors (Lipinski definition) is 3. The minimum Gasteiger partial charge on any atom is -0.507 e. The molecule has 0 aliphatic heterocycles. The van der Waals surface area contributed by atoms with E-state index in [1.54, 1.807) is 19.1 Å². The first-order chi connectivity index (χ1) is 13.1. The van der Waals surface area contributed by atoms with Gasteiger partial charge in [-0.25, -0.2) is 0 Å². The molecule has 0 saturated heterocycles. The van der Waals surface area contributed by atoms with Crippen molar-refractivity contribution in [3.05, 3.63) is 40.5 Å². The maximum atomic E-state index is 12.7. The number of phenols is 1. The molecule has 0 fully saturated rings. The molecule has 0 radical (unpaired) electrons. The number of Topliss-reactive ketones (excluding diaryl/α,β-unsaturated/α-hetero) is 2. The van der Waals surface area contributed by atoms with Crippen molar-refractivity contribution in [3.63, 3.8) is 0 Å². The first-order valence-electron chi connectivity index (χ1n) is 10.7. The molecule has 2 rings (SSSR count). The zero-order valence-corrected chi connectivity index (χ0v) is 17.0. The normalized spacial score (nSPS) is 14.0. The Kier molecular flexibility index (Phi) is 8.77. The summed E-state index contributed by atoms with van der Waals surface area (Å²) < 4.78 is 0. The van der Waals surface area contributed by atoms with Crippen LogP contribution in [0.3, 0.4) is 0 Å². The van der Waals surface area contributed by atoms with Gasteiger partial charge in [0.2, 0.25) is 0 Å². The van der Waals surface area contributed by atoms with E-state index in [9.17, 15) is 14.7 Å². The van der Waals surface area contributed by atoms with Crippen molar-refractivity contribution in [3.8, 4) is 5.75 Å². The molecule has 0 atom stereocenters. The van der Waals surface area contributed by atoms with Crippen LogP contribution in [0.25, 0.3) is 0 Å². The fraction of sp³-hybridized carbons (Fsp3) is 0.583. The van der Waals surface area contributed by atoms with Crippen molar-refractivity contribution in [1.82, 2.24) is 0 Å². The highest BCUT2D eigenvalue weighted by molar-refractivity contribution is 6.27. The number of carbonyl (C=O) groups is 2. The van der Waals surface area contributed by atoms with Crippen LogP contribution in [0.5, 0.6) is 5.75 Å². The highest BCUT2D eigenvalue weighted by Gasteiger charge is 2.31. The van der Waals surface area contributed by atoms with Crippen molar-refractivity contribution in [2.75, 3.05) is 0 Å². The van der Waals surface area contributed by atoms with Gasteiger partial charge in [0.1, 0.15) is 5.75 Å². The SMILES string of the molecule is CCCCCCCCCCCCCC1=C(C)C(=O)c2cccc(O)c2C1=O. The number of allylic oxidation sites excluding steroid dienone is 2. The molecule has 1 aromatic rings. The second-order valence-corrected chi connectivity index (χ2v) is 7.75. The number of ketones is 2. The number of fused-ring (bicyclic) bond motifs is 1. The summed E-state index contributed by atoms with van der Waals surface area (Å²) in [6.07, 6.45) is 14.5. The highest BCUT2D eigenvalue weighted by Crippen LogP contribution is 2.33. The van der Waals surface area contributed by atoms with Crippen molar-refractivity contribution < 1.29 is 14.7 Å². The zero-order valence-electron chi connectivity index (χ0n) is 17.0. The topological polar surface area (TPSA) is 54.4 Å². The molecule has 1 aliphatic rings. The fourth-order valence-corrected chi connectivity index (χ4v) is 3.90. The summed E-state index contributed by atoms with van der Waals surface area (Å²) >= 11 is 0. The van der Waals surface area contributed by atoms with Gasteiger partial charge in [-0.3, -0.25) is 9.59 Å². The maximum absolute atomic E-state index is 12.7. The molecule has 1 aliphatic carbocycles. The predicted octanol–water partition coefficient (Wildman–Crippen LogP) is 6.79. The van der Waals surface area contributed by atoms with Gasteiger partial charge in [0.25, 0.3) is 0 Å². The van der Waals surface area contributed by atoms with Gasteiger partial charge in [-0.05, 0) is 25.8 Å². The van der Waals surface area contributed by atoms with Crippen LogP contribution < -0.4 is 0 Å². The van der Waals surface area contributed by atoms with E-state index in [1.165, 1.54) is 63.9 Å². The van der Waals surface area contributed by atoms with Crippen LogP contribution in [0.4, 0.5) is 0 Å². The Bertz CT molecular complexity index is 685. The highest BCUT2D eigenvalue weighted by atomic mass is 16.3. The zero-order chi connectivity index (χ0) is 19.6. The number of benzene rings is 1. The molecule has 0 unspecified atom stereocenters. The molecule has 0 aromatic heterocycles. The fourth-order valence-electron chi connectivity index (χ4n) is 3.90. The third kappa shape index (κ3) is 5.79. The van der Waals surface area contributed by atoms with E-state index in [0.717, 1.165) is 12.8 Å². The van der Waals surface area contributed by atoms with E-state index in [2.05, 4.69) is 6.92 Å². The molecule has 27 heavy (non-hydrogen) atoms. The van der Waals surface area contributed by atoms with Crippen molar-refractivity contribution >= 4 is 11.6 Å². The smallest absolute Gasteiger partial charge is 0.193 e. The molecule has 0 amide bonds. The summed E-state index contributed by atoms with van der Waals surface area (Å²) in [4.78, 5) is 25.2. The standard InChI is InChI=1S/C24H34O3/c1-3-4-5-6-7-8-9-10-11-12-13-15-19-18(2)23(26)20-16-14-17-21(25)22(20)24(19)27/h14,16-17,25H,3-13,15H2,1-2H3. The minimum absolute atomic E-state index is 0.0882. The second kappa shape index (κ2) is 11.1. The van der Waals surface area contributed by atoms with Gasteiger partial charge in [0.05, 0.1) is 5.56 Å². The van der Waals surface area contributed by atoms with Crippen LogP contribution in [-0.4, -0.2) is 16.7 Å². The first kappa shape index (κ1) is 21.4. The molecule has 0 spiro atoms. The molecule has 148 valence electrons. The van der Waals surface area contributed by atoms with E-state index in [0.29, 0.717) is 23.1 Å². The molecule has 3 nitrogen and oxygen atoms in total. The quantitative estimate of drug-likeness (QED) is 0.412. The van der Waals surface area contributed by atoms with Gasteiger partial charge in [0.15, 0.2) is 11.6 Å². The largest absolute Gasteiger partial charge is 0.507 e. The third-order valence-corrected chi connectivity index (χ3v) is 5.61. The van der Waals surface area contributed by atoms with Crippen molar-refractivity contribution in [2.45, 2.75) is 90.9 Å². The van der Waals surface area contributed by atoms with Gasteiger partial charge in [-0.2, -0.15) is 0 Å². The lowest BCUT2D eigenvalue weighted by Gasteiger charge is -2.19. The monoisotopic (exact) mass is 370 g/mol. The van der Waals surface area contributed by atoms with Crippen LogP contribution in [0.15, 0.2) is 29.3 Å². The molecule has 3 heteroatoms. The Balaban J connectivity index is 1.72. The lowest BCUT2D eigenvalue weighted by molar-refractivity contribution is 0.0969. The van der Waals surface area contributed by atoms with Gasteiger partial charge < -0.3 is 5.11 Å². The van der Waals surface area contributed by atoms with Crippen LogP contribution in [-0.2, 0) is 0 Å². The van der Waals surface area contributed by atoms with Crippen LogP contribution in [0, 0.1) is 0 Å². The van der Waals surface area contributed by atoms with Crippen molar-refractivity contribution in [2.24, 2.45) is 0 Å². The van der Waals surface area contributed by atoms with Crippen LogP contribution in [0.2, 0.25) is 0 Å². The lowest BCUT2D eigenvalue weighted by atomic mass is 9.82. The molecule has 1 N–H and O–H groups in total. The summed E-state index contributed by atoms with van der Waals surface area (Å²) in [5.74, 6) is -0.388. The number of rotatable bonds is 12. The van der Waals surface area contributed by atoms with Crippen LogP contribution >= 0.6 is 0 Å². The Labute approximate surface area is 163 Å². The number of carbonyl (C=O) groups excluding carboxylic acids is 2. The summed E-state index contributed by atoms with van der Waals surface area (Å²) in [7, 11) is 0. The minimum atomic E-state index is -0.174. The first-order valence-corrected chi connectivity index (χ1v) is 10.7. The second-order valence-electron chi connectivity index (χ2n) is 7.75.